The van der Waals surface area contributed by atoms with Crippen LogP contribution < -0.4 is 10.1 Å². The molecule has 21 heavy (non-hydrogen) atoms. The van der Waals surface area contributed by atoms with Gasteiger partial charge in [0.2, 0.25) is 0 Å². The zero-order valence-electron chi connectivity index (χ0n) is 12.4. The summed E-state index contributed by atoms with van der Waals surface area (Å²) in [5, 5.41) is 4.07. The van der Waals surface area contributed by atoms with Crippen molar-refractivity contribution < 1.29 is 4.74 Å². The second-order valence-corrected chi connectivity index (χ2v) is 7.13. The summed E-state index contributed by atoms with van der Waals surface area (Å²) in [7, 11) is 0. The van der Waals surface area contributed by atoms with Crippen LogP contribution in [0.1, 0.15) is 26.3 Å². The van der Waals surface area contributed by atoms with Gasteiger partial charge < -0.3 is 10.1 Å². The molecular formula is C17H19BrClNO. The summed E-state index contributed by atoms with van der Waals surface area (Å²) in [5.41, 5.74) is 1.07. The van der Waals surface area contributed by atoms with Gasteiger partial charge in [0.15, 0.2) is 5.75 Å². The fraction of sp³-hybridized carbons (Fsp3) is 0.294. The number of nitrogens with one attached hydrogen (secondary N) is 1. The SMILES string of the molecule is CC(C)(C)NCc1cccc(Cl)c1Oc1ccccc1Br. The molecule has 0 radical (unpaired) electrons. The molecule has 2 aromatic rings. The first-order chi connectivity index (χ1) is 9.87. The number of benzene rings is 2. The average molecular weight is 369 g/mol. The van der Waals surface area contributed by atoms with Gasteiger partial charge in [0.25, 0.3) is 0 Å². The van der Waals surface area contributed by atoms with Crippen LogP contribution in [0.15, 0.2) is 46.9 Å². The van der Waals surface area contributed by atoms with E-state index in [0.29, 0.717) is 17.3 Å². The zero-order chi connectivity index (χ0) is 15.5. The number of ether oxygens (including phenoxy) is 1. The van der Waals surface area contributed by atoms with Gasteiger partial charge in [0.05, 0.1) is 9.50 Å². The molecule has 0 aliphatic carbocycles. The highest BCUT2D eigenvalue weighted by molar-refractivity contribution is 9.10. The molecule has 0 saturated heterocycles. The molecule has 0 unspecified atom stereocenters. The highest BCUT2D eigenvalue weighted by Crippen LogP contribution is 2.36. The average Bonchev–Trinajstić information content (AvgIpc) is 2.41. The van der Waals surface area contributed by atoms with E-state index in [2.05, 4.69) is 42.0 Å². The van der Waals surface area contributed by atoms with E-state index >= 15 is 0 Å². The Kier molecular flexibility index (Phi) is 5.31. The lowest BCUT2D eigenvalue weighted by Gasteiger charge is -2.22. The molecule has 2 rings (SSSR count). The molecule has 1 N–H and O–H groups in total. The lowest BCUT2D eigenvalue weighted by molar-refractivity contribution is 0.414. The van der Waals surface area contributed by atoms with Gasteiger partial charge in [-0.25, -0.2) is 0 Å². The number of rotatable bonds is 4. The summed E-state index contributed by atoms with van der Waals surface area (Å²) in [4.78, 5) is 0. The molecule has 0 heterocycles. The molecule has 0 amide bonds. The Morgan fingerprint density at radius 1 is 1.10 bits per heavy atom. The van der Waals surface area contributed by atoms with Crippen molar-refractivity contribution >= 4 is 27.5 Å². The summed E-state index contributed by atoms with van der Waals surface area (Å²) in [5.74, 6) is 1.45. The molecule has 2 aromatic carbocycles. The summed E-state index contributed by atoms with van der Waals surface area (Å²) >= 11 is 9.80. The lowest BCUT2D eigenvalue weighted by atomic mass is 10.1. The number of hydrogen-bond acceptors (Lipinski definition) is 2. The summed E-state index contributed by atoms with van der Waals surface area (Å²) in [6.07, 6.45) is 0. The van der Waals surface area contributed by atoms with Crippen LogP contribution in [0.3, 0.4) is 0 Å². The Labute approximate surface area is 139 Å². The molecule has 0 aromatic heterocycles. The van der Waals surface area contributed by atoms with Gasteiger partial charge >= 0.3 is 0 Å². The maximum absolute atomic E-state index is 6.31. The molecule has 112 valence electrons. The van der Waals surface area contributed by atoms with Crippen molar-refractivity contribution in [1.82, 2.24) is 5.32 Å². The fourth-order valence-corrected chi connectivity index (χ4v) is 2.40. The van der Waals surface area contributed by atoms with E-state index < -0.39 is 0 Å². The van der Waals surface area contributed by atoms with Gasteiger partial charge in [0, 0.05) is 17.6 Å². The predicted molar refractivity (Wildman–Crippen MR) is 92.3 cm³/mol. The molecule has 0 spiro atoms. The molecule has 0 saturated carbocycles. The molecule has 0 bridgehead atoms. The van der Waals surface area contributed by atoms with Crippen molar-refractivity contribution in [2.45, 2.75) is 32.9 Å². The van der Waals surface area contributed by atoms with E-state index in [4.69, 9.17) is 16.3 Å². The van der Waals surface area contributed by atoms with Crippen molar-refractivity contribution in [3.05, 3.63) is 57.5 Å². The van der Waals surface area contributed by atoms with E-state index in [0.717, 1.165) is 15.8 Å². The second-order valence-electron chi connectivity index (χ2n) is 5.86. The standard InChI is InChI=1S/C17H19BrClNO/c1-17(2,3)20-11-12-7-6-9-14(19)16(12)21-15-10-5-4-8-13(15)18/h4-10,20H,11H2,1-3H3. The number of halogens is 2. The molecule has 0 aliphatic heterocycles. The molecule has 4 heteroatoms. The summed E-state index contributed by atoms with van der Waals surface area (Å²) < 4.78 is 6.92. The van der Waals surface area contributed by atoms with E-state index in [-0.39, 0.29) is 5.54 Å². The second kappa shape index (κ2) is 6.82. The van der Waals surface area contributed by atoms with Gasteiger partial charge in [-0.05, 0) is 54.9 Å². The van der Waals surface area contributed by atoms with Crippen LogP contribution in [0, 0.1) is 0 Å². The predicted octanol–water partition coefficient (Wildman–Crippen LogP) is 5.78. The van der Waals surface area contributed by atoms with Crippen LogP contribution in [0.5, 0.6) is 11.5 Å². The van der Waals surface area contributed by atoms with Gasteiger partial charge in [-0.1, -0.05) is 35.9 Å². The van der Waals surface area contributed by atoms with E-state index in [1.54, 1.807) is 0 Å². The van der Waals surface area contributed by atoms with E-state index in [1.807, 2.05) is 42.5 Å². The van der Waals surface area contributed by atoms with Crippen LogP contribution in [0.25, 0.3) is 0 Å². The zero-order valence-corrected chi connectivity index (χ0v) is 14.8. The van der Waals surface area contributed by atoms with Crippen molar-refractivity contribution in [1.29, 1.82) is 0 Å². The van der Waals surface area contributed by atoms with Crippen molar-refractivity contribution in [3.63, 3.8) is 0 Å². The van der Waals surface area contributed by atoms with Crippen LogP contribution >= 0.6 is 27.5 Å². The Morgan fingerprint density at radius 3 is 2.48 bits per heavy atom. The maximum Gasteiger partial charge on any atom is 0.150 e. The van der Waals surface area contributed by atoms with Crippen LogP contribution in [-0.4, -0.2) is 5.54 Å². The molecular weight excluding hydrogens is 350 g/mol. The first-order valence-electron chi connectivity index (χ1n) is 6.81. The van der Waals surface area contributed by atoms with Crippen molar-refractivity contribution in [3.8, 4) is 11.5 Å². The van der Waals surface area contributed by atoms with Crippen molar-refractivity contribution in [2.24, 2.45) is 0 Å². The Hall–Kier alpha value is -1.03. The van der Waals surface area contributed by atoms with Crippen LogP contribution in [-0.2, 0) is 6.54 Å². The van der Waals surface area contributed by atoms with Crippen LogP contribution in [0.2, 0.25) is 5.02 Å². The third-order valence-corrected chi connectivity index (χ3v) is 3.86. The normalized spacial score (nSPS) is 11.5. The largest absolute Gasteiger partial charge is 0.454 e. The Balaban J connectivity index is 2.28. The summed E-state index contributed by atoms with van der Waals surface area (Å²) in [6.45, 7) is 7.09. The monoisotopic (exact) mass is 367 g/mol. The first kappa shape index (κ1) is 16.3. The van der Waals surface area contributed by atoms with Crippen molar-refractivity contribution in [2.75, 3.05) is 0 Å². The third-order valence-electron chi connectivity index (χ3n) is 2.91. The third kappa shape index (κ3) is 4.73. The fourth-order valence-electron chi connectivity index (χ4n) is 1.80. The van der Waals surface area contributed by atoms with Gasteiger partial charge in [-0.3, -0.25) is 0 Å². The van der Waals surface area contributed by atoms with Gasteiger partial charge in [0.1, 0.15) is 5.75 Å². The minimum absolute atomic E-state index is 0.0346. The van der Waals surface area contributed by atoms with E-state index in [9.17, 15) is 0 Å². The smallest absolute Gasteiger partial charge is 0.150 e. The number of hydrogen-bond donors (Lipinski definition) is 1. The van der Waals surface area contributed by atoms with Crippen LogP contribution in [0.4, 0.5) is 0 Å². The molecule has 0 fully saturated rings. The van der Waals surface area contributed by atoms with Gasteiger partial charge in [-0.2, -0.15) is 0 Å². The Bertz CT molecular complexity index is 622. The molecule has 0 atom stereocenters. The van der Waals surface area contributed by atoms with Gasteiger partial charge in [-0.15, -0.1) is 0 Å². The highest BCUT2D eigenvalue weighted by Gasteiger charge is 2.14. The maximum atomic E-state index is 6.31. The number of para-hydroxylation sites is 2. The quantitative estimate of drug-likeness (QED) is 0.738. The first-order valence-corrected chi connectivity index (χ1v) is 7.99. The minimum atomic E-state index is 0.0346. The summed E-state index contributed by atoms with van der Waals surface area (Å²) in [6, 6.07) is 13.5. The van der Waals surface area contributed by atoms with E-state index in [1.165, 1.54) is 0 Å². The Morgan fingerprint density at radius 2 is 1.81 bits per heavy atom. The minimum Gasteiger partial charge on any atom is -0.454 e. The molecule has 0 aliphatic rings. The molecule has 2 nitrogen and oxygen atoms in total. The topological polar surface area (TPSA) is 21.3 Å². The lowest BCUT2D eigenvalue weighted by Crippen LogP contribution is -2.35. The highest BCUT2D eigenvalue weighted by atomic mass is 79.9.